The van der Waals surface area contributed by atoms with E-state index in [0.717, 1.165) is 22.2 Å². The van der Waals surface area contributed by atoms with E-state index in [0.29, 0.717) is 12.6 Å². The van der Waals surface area contributed by atoms with Crippen molar-refractivity contribution in [2.75, 3.05) is 11.1 Å². The van der Waals surface area contributed by atoms with Gasteiger partial charge < -0.3 is 15.2 Å². The summed E-state index contributed by atoms with van der Waals surface area (Å²) in [6.07, 6.45) is 4.07. The molecule has 1 aromatic carbocycles. The number of benzene rings is 1. The highest BCUT2D eigenvalue weighted by atomic mass is 32.2. The lowest BCUT2D eigenvalue weighted by Gasteiger charge is -2.09. The largest absolute Gasteiger partial charge is 0.331 e. The third-order valence-electron chi connectivity index (χ3n) is 3.40. The normalized spacial score (nSPS) is 13.9. The molecule has 0 aliphatic heterocycles. The van der Waals surface area contributed by atoms with Crippen LogP contribution in [0, 0.1) is 0 Å². The first kappa shape index (κ1) is 14.9. The molecule has 1 fully saturated rings. The predicted octanol–water partition coefficient (Wildman–Crippen LogP) is 3.05. The molecule has 1 saturated carbocycles. The van der Waals surface area contributed by atoms with Crippen LogP contribution >= 0.6 is 11.8 Å². The predicted molar refractivity (Wildman–Crippen MR) is 87.0 cm³/mol. The van der Waals surface area contributed by atoms with E-state index in [2.05, 4.69) is 27.8 Å². The van der Waals surface area contributed by atoms with Gasteiger partial charge in [0.2, 0.25) is 0 Å². The highest BCUT2D eigenvalue weighted by Crippen LogP contribution is 2.35. The van der Waals surface area contributed by atoms with Crippen LogP contribution in [0.4, 0.5) is 10.5 Å². The highest BCUT2D eigenvalue weighted by molar-refractivity contribution is 7.99. The Labute approximate surface area is 133 Å². The molecule has 1 aromatic heterocycles. The number of hydrogen-bond acceptors (Lipinski definition) is 4. The fraction of sp³-hybridized carbons (Fsp3) is 0.400. The summed E-state index contributed by atoms with van der Waals surface area (Å²) >= 11 is 1.75. The Bertz CT molecular complexity index is 653. The molecule has 3 rings (SSSR count). The number of nitrogens with one attached hydrogen (secondary N) is 2. The minimum absolute atomic E-state index is 0.232. The van der Waals surface area contributed by atoms with Crippen molar-refractivity contribution in [3.8, 4) is 0 Å². The fourth-order valence-electron chi connectivity index (χ4n) is 2.22. The topological polar surface area (TPSA) is 71.8 Å². The Morgan fingerprint density at radius 3 is 3.09 bits per heavy atom. The van der Waals surface area contributed by atoms with Crippen LogP contribution in [0.5, 0.6) is 0 Å². The van der Waals surface area contributed by atoms with Crippen molar-refractivity contribution in [2.45, 2.75) is 37.2 Å². The van der Waals surface area contributed by atoms with Crippen LogP contribution in [0.25, 0.3) is 0 Å². The van der Waals surface area contributed by atoms with Gasteiger partial charge in [-0.25, -0.2) is 4.79 Å². The van der Waals surface area contributed by atoms with Gasteiger partial charge in [0.05, 0.1) is 6.54 Å². The number of anilines is 1. The van der Waals surface area contributed by atoms with Crippen molar-refractivity contribution < 1.29 is 4.79 Å². The first-order valence-electron chi connectivity index (χ1n) is 7.42. The van der Waals surface area contributed by atoms with Crippen molar-refractivity contribution in [1.29, 1.82) is 0 Å². The summed E-state index contributed by atoms with van der Waals surface area (Å²) in [5.41, 5.74) is 0.791. The first-order valence-corrected chi connectivity index (χ1v) is 8.41. The molecule has 1 aliphatic rings. The van der Waals surface area contributed by atoms with Crippen LogP contribution in [0.3, 0.4) is 0 Å². The maximum atomic E-state index is 12.0. The maximum Gasteiger partial charge on any atom is 0.319 e. The van der Waals surface area contributed by atoms with E-state index in [9.17, 15) is 4.79 Å². The number of aromatic nitrogens is 3. The second kappa shape index (κ2) is 6.83. The zero-order valence-corrected chi connectivity index (χ0v) is 13.3. The summed E-state index contributed by atoms with van der Waals surface area (Å²) in [6.45, 7) is 2.49. The van der Waals surface area contributed by atoms with Gasteiger partial charge in [-0.1, -0.05) is 13.0 Å². The Balaban J connectivity index is 1.53. The molecule has 0 unspecified atom stereocenters. The number of urea groups is 1. The first-order chi connectivity index (χ1) is 10.8. The van der Waals surface area contributed by atoms with E-state index in [1.54, 1.807) is 18.1 Å². The van der Waals surface area contributed by atoms with Gasteiger partial charge in [-0.15, -0.1) is 22.0 Å². The molecular weight excluding hydrogens is 298 g/mol. The monoisotopic (exact) mass is 317 g/mol. The molecule has 2 aromatic rings. The van der Waals surface area contributed by atoms with E-state index >= 15 is 0 Å². The van der Waals surface area contributed by atoms with Crippen molar-refractivity contribution in [1.82, 2.24) is 20.1 Å². The van der Waals surface area contributed by atoms with Gasteiger partial charge in [0, 0.05) is 16.6 Å². The summed E-state index contributed by atoms with van der Waals surface area (Å²) in [7, 11) is 0. The molecule has 0 atom stereocenters. The van der Waals surface area contributed by atoms with Crippen LogP contribution in [-0.2, 0) is 6.54 Å². The van der Waals surface area contributed by atoms with Gasteiger partial charge in [-0.05, 0) is 36.8 Å². The standard InChI is InChI=1S/C15H19N5OS/c1-2-22-13-5-3-4-11(8-13)18-15(21)16-9-14-19-17-10-20(14)12-6-7-12/h3-5,8,10,12H,2,6-7,9H2,1H3,(H2,16,18,21). The average Bonchev–Trinajstić information content (AvgIpc) is 3.24. The Morgan fingerprint density at radius 2 is 2.32 bits per heavy atom. The van der Waals surface area contributed by atoms with Crippen LogP contribution in [0.1, 0.15) is 31.6 Å². The van der Waals surface area contributed by atoms with Crippen molar-refractivity contribution in [3.63, 3.8) is 0 Å². The molecule has 0 saturated heterocycles. The van der Waals surface area contributed by atoms with E-state index in [4.69, 9.17) is 0 Å². The Kier molecular flexibility index (Phi) is 4.62. The van der Waals surface area contributed by atoms with E-state index < -0.39 is 0 Å². The van der Waals surface area contributed by atoms with Crippen molar-refractivity contribution in [2.24, 2.45) is 0 Å². The van der Waals surface area contributed by atoms with Gasteiger partial charge in [0.1, 0.15) is 6.33 Å². The van der Waals surface area contributed by atoms with Crippen molar-refractivity contribution >= 4 is 23.5 Å². The lowest BCUT2D eigenvalue weighted by atomic mass is 10.3. The SMILES string of the molecule is CCSc1cccc(NC(=O)NCc2nncn2C2CC2)c1. The minimum atomic E-state index is -0.232. The van der Waals surface area contributed by atoms with E-state index in [1.807, 2.05) is 28.8 Å². The molecule has 1 aliphatic carbocycles. The molecule has 2 amide bonds. The number of thioether (sulfide) groups is 1. The number of nitrogens with zero attached hydrogens (tertiary/aromatic N) is 3. The van der Waals surface area contributed by atoms with Crippen LogP contribution < -0.4 is 10.6 Å². The minimum Gasteiger partial charge on any atom is -0.331 e. The molecule has 0 spiro atoms. The molecular formula is C15H19N5OS. The Morgan fingerprint density at radius 1 is 1.45 bits per heavy atom. The van der Waals surface area contributed by atoms with Gasteiger partial charge in [-0.2, -0.15) is 0 Å². The molecule has 22 heavy (non-hydrogen) atoms. The van der Waals surface area contributed by atoms with Crippen LogP contribution in [0.2, 0.25) is 0 Å². The summed E-state index contributed by atoms with van der Waals surface area (Å²) in [6, 6.07) is 8.11. The third kappa shape index (κ3) is 3.79. The van der Waals surface area contributed by atoms with Crippen LogP contribution in [-0.4, -0.2) is 26.5 Å². The lowest BCUT2D eigenvalue weighted by Crippen LogP contribution is -2.29. The zero-order valence-electron chi connectivity index (χ0n) is 12.5. The second-order valence-corrected chi connectivity index (χ2v) is 6.49. The number of amides is 2. The number of carbonyl (C=O) groups excluding carboxylic acids is 1. The van der Waals surface area contributed by atoms with E-state index in [-0.39, 0.29) is 6.03 Å². The molecule has 1 heterocycles. The lowest BCUT2D eigenvalue weighted by molar-refractivity contribution is 0.251. The smallest absolute Gasteiger partial charge is 0.319 e. The number of rotatable bonds is 6. The van der Waals surface area contributed by atoms with E-state index in [1.165, 1.54) is 12.8 Å². The summed E-state index contributed by atoms with van der Waals surface area (Å²) in [5.74, 6) is 1.81. The number of carbonyl (C=O) groups is 1. The molecule has 0 radical (unpaired) electrons. The Hall–Kier alpha value is -2.02. The molecule has 7 heteroatoms. The maximum absolute atomic E-state index is 12.0. The summed E-state index contributed by atoms with van der Waals surface area (Å²) in [5, 5.41) is 13.7. The third-order valence-corrected chi connectivity index (χ3v) is 4.27. The molecule has 6 nitrogen and oxygen atoms in total. The highest BCUT2D eigenvalue weighted by Gasteiger charge is 2.25. The van der Waals surface area contributed by atoms with Crippen LogP contribution in [0.15, 0.2) is 35.5 Å². The quantitative estimate of drug-likeness (QED) is 0.803. The summed E-state index contributed by atoms with van der Waals surface area (Å²) < 4.78 is 2.04. The van der Waals surface area contributed by atoms with Gasteiger partial charge in [-0.3, -0.25) is 0 Å². The molecule has 2 N–H and O–H groups in total. The summed E-state index contributed by atoms with van der Waals surface area (Å²) in [4.78, 5) is 13.1. The second-order valence-electron chi connectivity index (χ2n) is 5.15. The number of hydrogen-bond donors (Lipinski definition) is 2. The average molecular weight is 317 g/mol. The zero-order chi connectivity index (χ0) is 15.4. The van der Waals surface area contributed by atoms with Crippen molar-refractivity contribution in [3.05, 3.63) is 36.4 Å². The molecule has 0 bridgehead atoms. The van der Waals surface area contributed by atoms with Gasteiger partial charge in [0.15, 0.2) is 5.82 Å². The van der Waals surface area contributed by atoms with Gasteiger partial charge >= 0.3 is 6.03 Å². The van der Waals surface area contributed by atoms with Gasteiger partial charge in [0.25, 0.3) is 0 Å². The fourth-order valence-corrected chi connectivity index (χ4v) is 2.93. The molecule has 116 valence electrons.